The molecule has 0 aliphatic carbocycles. The summed E-state index contributed by atoms with van der Waals surface area (Å²) in [5.74, 6) is 1.29. The minimum Gasteiger partial charge on any atom is -0.283 e. The topological polar surface area (TPSA) is 46.2 Å². The number of hydrogen-bond acceptors (Lipinski definition) is 2. The van der Waals surface area contributed by atoms with Gasteiger partial charge in [0, 0.05) is 0 Å². The molecule has 1 heterocycles. The number of anilines is 1. The molecular formula is C8H8NO2S. The van der Waals surface area contributed by atoms with Gasteiger partial charge in [-0.15, -0.1) is 0 Å². The van der Waals surface area contributed by atoms with Gasteiger partial charge in [-0.25, -0.2) is 8.42 Å². The van der Waals surface area contributed by atoms with Gasteiger partial charge in [-0.2, -0.15) is 0 Å². The molecule has 0 saturated carbocycles. The molecular weight excluding hydrogens is 174 g/mol. The van der Waals surface area contributed by atoms with Crippen molar-refractivity contribution in [3.63, 3.8) is 0 Å². The molecule has 0 fully saturated rings. The summed E-state index contributed by atoms with van der Waals surface area (Å²) >= 11 is 0. The summed E-state index contributed by atoms with van der Waals surface area (Å²) in [4.78, 5) is 0. The van der Waals surface area contributed by atoms with Gasteiger partial charge in [0.1, 0.15) is 5.75 Å². The third kappa shape index (κ3) is 1.30. The van der Waals surface area contributed by atoms with Gasteiger partial charge in [-0.1, -0.05) is 18.2 Å². The number of rotatable bonds is 0. The smallest absolute Gasteiger partial charge is 0.237 e. The second-order valence-corrected chi connectivity index (χ2v) is 4.30. The third-order valence-electron chi connectivity index (χ3n) is 1.79. The molecule has 1 aliphatic rings. The van der Waals surface area contributed by atoms with Gasteiger partial charge in [0.2, 0.25) is 10.0 Å². The monoisotopic (exact) mass is 182 g/mol. The first-order valence-electron chi connectivity index (χ1n) is 3.61. The largest absolute Gasteiger partial charge is 0.283 e. The number of fused-ring (bicyclic) bond motifs is 1. The highest BCUT2D eigenvalue weighted by atomic mass is 32.2. The van der Waals surface area contributed by atoms with Gasteiger partial charge >= 0.3 is 0 Å². The lowest BCUT2D eigenvalue weighted by Crippen LogP contribution is -2.19. The number of para-hydroxylation sites is 1. The van der Waals surface area contributed by atoms with E-state index in [1.807, 2.05) is 18.2 Å². The van der Waals surface area contributed by atoms with Crippen molar-refractivity contribution in [3.8, 4) is 0 Å². The number of sulfonamides is 1. The highest BCUT2D eigenvalue weighted by Crippen LogP contribution is 2.24. The molecule has 3 nitrogen and oxygen atoms in total. The second-order valence-electron chi connectivity index (χ2n) is 2.68. The van der Waals surface area contributed by atoms with E-state index in [0.717, 1.165) is 5.56 Å². The third-order valence-corrected chi connectivity index (χ3v) is 2.90. The van der Waals surface area contributed by atoms with Crippen molar-refractivity contribution in [2.24, 2.45) is 0 Å². The summed E-state index contributed by atoms with van der Waals surface area (Å²) in [6.07, 6.45) is 0.492. The molecule has 63 valence electrons. The van der Waals surface area contributed by atoms with Gasteiger partial charge in [0.15, 0.2) is 0 Å². The number of nitrogens with one attached hydrogen (secondary N) is 1. The van der Waals surface area contributed by atoms with Crippen LogP contribution in [0.25, 0.3) is 0 Å². The summed E-state index contributed by atoms with van der Waals surface area (Å²) in [5, 5.41) is 0. The summed E-state index contributed by atoms with van der Waals surface area (Å²) in [6.45, 7) is 0. The van der Waals surface area contributed by atoms with Crippen LogP contribution in [0.1, 0.15) is 5.56 Å². The summed E-state index contributed by atoms with van der Waals surface area (Å²) in [7, 11) is -3.17. The fourth-order valence-corrected chi connectivity index (χ4v) is 2.18. The molecule has 0 amide bonds. The van der Waals surface area contributed by atoms with Crippen molar-refractivity contribution in [2.75, 3.05) is 4.72 Å². The molecule has 1 aliphatic heterocycles. The summed E-state index contributed by atoms with van der Waals surface area (Å²) < 4.78 is 24.5. The lowest BCUT2D eigenvalue weighted by molar-refractivity contribution is 0.604. The zero-order valence-corrected chi connectivity index (χ0v) is 7.14. The molecule has 2 rings (SSSR count). The lowest BCUT2D eigenvalue weighted by Gasteiger charge is -2.16. The molecule has 0 aromatic heterocycles. The lowest BCUT2D eigenvalue weighted by atomic mass is 10.1. The van der Waals surface area contributed by atoms with E-state index >= 15 is 0 Å². The minimum absolute atomic E-state index is 0.492. The fraction of sp³-hybridized carbons (Fsp3) is 0.125. The van der Waals surface area contributed by atoms with Crippen LogP contribution in [0.3, 0.4) is 0 Å². The van der Waals surface area contributed by atoms with Crippen LogP contribution in [0.4, 0.5) is 5.69 Å². The molecule has 0 saturated heterocycles. The van der Waals surface area contributed by atoms with E-state index in [0.29, 0.717) is 12.1 Å². The molecule has 0 bridgehead atoms. The standard InChI is InChI=1S/C8H8NO2S/c10-12(11)6-5-7-3-1-2-4-8(7)9-12/h1-4,6,9H,5H2. The van der Waals surface area contributed by atoms with Crippen LogP contribution in [0.15, 0.2) is 24.3 Å². The molecule has 12 heavy (non-hydrogen) atoms. The first-order chi connectivity index (χ1) is 5.67. The average Bonchev–Trinajstić information content (AvgIpc) is 2.02. The second kappa shape index (κ2) is 2.48. The predicted octanol–water partition coefficient (Wildman–Crippen LogP) is 1.15. The molecule has 1 N–H and O–H groups in total. The maximum atomic E-state index is 11.0. The van der Waals surface area contributed by atoms with Crippen LogP contribution >= 0.6 is 0 Å². The van der Waals surface area contributed by atoms with E-state index in [2.05, 4.69) is 4.72 Å². The Balaban J connectivity index is 2.48. The molecule has 1 aromatic rings. The Kier molecular flexibility index (Phi) is 1.58. The highest BCUT2D eigenvalue weighted by molar-refractivity contribution is 7.94. The van der Waals surface area contributed by atoms with E-state index in [1.54, 1.807) is 6.07 Å². The first-order valence-corrected chi connectivity index (χ1v) is 5.16. The number of benzene rings is 1. The van der Waals surface area contributed by atoms with Crippen molar-refractivity contribution < 1.29 is 8.42 Å². The Labute approximate surface area is 71.5 Å². The van der Waals surface area contributed by atoms with E-state index in [1.165, 1.54) is 5.75 Å². The van der Waals surface area contributed by atoms with Crippen molar-refractivity contribution in [2.45, 2.75) is 6.42 Å². The summed E-state index contributed by atoms with van der Waals surface area (Å²) in [6, 6.07) is 7.38. The molecule has 0 unspecified atom stereocenters. The Morgan fingerprint density at radius 2 is 2.00 bits per heavy atom. The van der Waals surface area contributed by atoms with Crippen LogP contribution < -0.4 is 4.72 Å². The SMILES string of the molecule is O=S1(=O)[CH]Cc2ccccc2N1. The average molecular weight is 182 g/mol. The zero-order valence-electron chi connectivity index (χ0n) is 6.32. The van der Waals surface area contributed by atoms with E-state index < -0.39 is 10.0 Å². The van der Waals surface area contributed by atoms with Crippen LogP contribution in [-0.2, 0) is 16.4 Å². The van der Waals surface area contributed by atoms with Gasteiger partial charge in [-0.3, -0.25) is 4.72 Å². The Bertz CT molecular complexity index is 397. The molecule has 0 spiro atoms. The first kappa shape index (κ1) is 7.61. The molecule has 1 radical (unpaired) electrons. The van der Waals surface area contributed by atoms with Gasteiger partial charge in [0.25, 0.3) is 0 Å². The molecule has 4 heteroatoms. The van der Waals surface area contributed by atoms with Crippen LogP contribution in [0.2, 0.25) is 0 Å². The quantitative estimate of drug-likeness (QED) is 0.654. The van der Waals surface area contributed by atoms with Gasteiger partial charge in [0.05, 0.1) is 5.69 Å². The highest BCUT2D eigenvalue weighted by Gasteiger charge is 2.19. The number of hydrogen-bond donors (Lipinski definition) is 1. The maximum absolute atomic E-state index is 11.0. The van der Waals surface area contributed by atoms with E-state index in [-0.39, 0.29) is 0 Å². The van der Waals surface area contributed by atoms with E-state index in [4.69, 9.17) is 0 Å². The van der Waals surface area contributed by atoms with Gasteiger partial charge in [-0.05, 0) is 18.1 Å². The summed E-state index contributed by atoms with van der Waals surface area (Å²) in [5.41, 5.74) is 1.72. The van der Waals surface area contributed by atoms with Crippen LogP contribution in [-0.4, -0.2) is 8.42 Å². The Hall–Kier alpha value is -1.03. The van der Waals surface area contributed by atoms with Crippen molar-refractivity contribution in [3.05, 3.63) is 35.6 Å². The van der Waals surface area contributed by atoms with Crippen molar-refractivity contribution in [1.82, 2.24) is 0 Å². The zero-order chi connectivity index (χ0) is 8.60. The fourth-order valence-electron chi connectivity index (χ4n) is 1.19. The molecule has 1 aromatic carbocycles. The Morgan fingerprint density at radius 1 is 1.25 bits per heavy atom. The minimum atomic E-state index is -3.17. The maximum Gasteiger partial charge on any atom is 0.237 e. The van der Waals surface area contributed by atoms with E-state index in [9.17, 15) is 8.42 Å². The predicted molar refractivity (Wildman–Crippen MR) is 47.0 cm³/mol. The normalized spacial score (nSPS) is 19.3. The van der Waals surface area contributed by atoms with Crippen LogP contribution in [0, 0.1) is 5.75 Å². The van der Waals surface area contributed by atoms with Crippen molar-refractivity contribution >= 4 is 15.7 Å². The van der Waals surface area contributed by atoms with Crippen molar-refractivity contribution in [1.29, 1.82) is 0 Å². The Morgan fingerprint density at radius 3 is 2.83 bits per heavy atom. The molecule has 0 atom stereocenters. The van der Waals surface area contributed by atoms with Crippen LogP contribution in [0.5, 0.6) is 0 Å². The van der Waals surface area contributed by atoms with Gasteiger partial charge < -0.3 is 0 Å².